The van der Waals surface area contributed by atoms with Gasteiger partial charge in [0, 0.05) is 62.3 Å². The number of pyridine rings is 1. The van der Waals surface area contributed by atoms with Crippen LogP contribution in [0.3, 0.4) is 0 Å². The van der Waals surface area contributed by atoms with Gasteiger partial charge < -0.3 is 24.1 Å². The summed E-state index contributed by atoms with van der Waals surface area (Å²) in [6, 6.07) is 11.4. The Morgan fingerprint density at radius 1 is 1.07 bits per heavy atom. The maximum atomic E-state index is 12.6. The maximum Gasteiger partial charge on any atom is 0.275 e. The van der Waals surface area contributed by atoms with E-state index >= 15 is 0 Å². The average Bonchev–Trinajstić information content (AvgIpc) is 3.12. The fraction of sp³-hybridized carbons (Fsp3) is 0.333. The molecule has 4 rings (SSSR count). The first-order valence-corrected chi connectivity index (χ1v) is 9.49. The Balaban J connectivity index is 1.36. The van der Waals surface area contributed by atoms with E-state index in [9.17, 15) is 9.59 Å². The predicted octanol–water partition coefficient (Wildman–Crippen LogP) is 1.61. The molecule has 1 aromatic carbocycles. The van der Waals surface area contributed by atoms with E-state index in [-0.39, 0.29) is 11.5 Å². The second-order valence-corrected chi connectivity index (χ2v) is 6.95. The largest absolute Gasteiger partial charge is 0.378 e. The molecule has 2 aromatic heterocycles. The molecular formula is C21H24N4O3. The van der Waals surface area contributed by atoms with Gasteiger partial charge >= 0.3 is 0 Å². The molecule has 0 aliphatic carbocycles. The quantitative estimate of drug-likeness (QED) is 0.730. The third-order valence-corrected chi connectivity index (χ3v) is 5.15. The van der Waals surface area contributed by atoms with E-state index in [1.54, 1.807) is 10.8 Å². The van der Waals surface area contributed by atoms with Crippen LogP contribution in [0.2, 0.25) is 0 Å². The fourth-order valence-corrected chi connectivity index (χ4v) is 3.55. The SMILES string of the molecule is Cn1ccc2ccn(CCNC(=O)c3ccc(N4CCOCC4)cc3)c(=O)c21. The van der Waals surface area contributed by atoms with Gasteiger partial charge in [-0.1, -0.05) is 0 Å². The molecule has 0 spiro atoms. The number of fused-ring (bicyclic) bond motifs is 1. The number of nitrogens with zero attached hydrogens (tertiary/aromatic N) is 3. The number of aromatic nitrogens is 2. The number of nitrogens with one attached hydrogen (secondary N) is 1. The number of aryl methyl sites for hydroxylation is 1. The summed E-state index contributed by atoms with van der Waals surface area (Å²) in [6.07, 6.45) is 3.65. The number of ether oxygens (including phenoxy) is 1. The molecule has 7 heteroatoms. The molecule has 1 amide bonds. The molecule has 1 fully saturated rings. The van der Waals surface area contributed by atoms with E-state index in [0.717, 1.165) is 37.4 Å². The molecule has 3 aromatic rings. The molecule has 146 valence electrons. The minimum Gasteiger partial charge on any atom is -0.378 e. The van der Waals surface area contributed by atoms with Crippen molar-refractivity contribution in [1.82, 2.24) is 14.5 Å². The maximum absolute atomic E-state index is 12.6. The number of carbonyl (C=O) groups is 1. The molecule has 28 heavy (non-hydrogen) atoms. The fourth-order valence-electron chi connectivity index (χ4n) is 3.55. The van der Waals surface area contributed by atoms with Crippen LogP contribution in [0.25, 0.3) is 10.9 Å². The summed E-state index contributed by atoms with van der Waals surface area (Å²) in [6.45, 7) is 4.02. The molecular weight excluding hydrogens is 356 g/mol. The summed E-state index contributed by atoms with van der Waals surface area (Å²) < 4.78 is 8.82. The topological polar surface area (TPSA) is 68.5 Å². The van der Waals surface area contributed by atoms with Crippen LogP contribution in [0.1, 0.15) is 10.4 Å². The van der Waals surface area contributed by atoms with Crippen LogP contribution in [0.15, 0.2) is 53.6 Å². The zero-order valence-electron chi connectivity index (χ0n) is 15.9. The number of hydrogen-bond acceptors (Lipinski definition) is 4. The van der Waals surface area contributed by atoms with Crippen LogP contribution in [0.4, 0.5) is 5.69 Å². The second kappa shape index (κ2) is 7.90. The van der Waals surface area contributed by atoms with E-state index in [1.165, 1.54) is 0 Å². The van der Waals surface area contributed by atoms with Crippen molar-refractivity contribution in [2.75, 3.05) is 37.7 Å². The monoisotopic (exact) mass is 380 g/mol. The molecule has 0 radical (unpaired) electrons. The summed E-state index contributed by atoms with van der Waals surface area (Å²) in [7, 11) is 1.86. The highest BCUT2D eigenvalue weighted by atomic mass is 16.5. The highest BCUT2D eigenvalue weighted by Crippen LogP contribution is 2.16. The van der Waals surface area contributed by atoms with Crippen molar-refractivity contribution < 1.29 is 9.53 Å². The standard InChI is InChI=1S/C21H24N4O3/c1-23-9-6-16-7-10-25(21(27)19(16)23)11-8-22-20(26)17-2-4-18(5-3-17)24-12-14-28-15-13-24/h2-7,9-10H,8,11-15H2,1H3,(H,22,26). The van der Waals surface area contributed by atoms with E-state index in [4.69, 9.17) is 4.74 Å². The summed E-state index contributed by atoms with van der Waals surface area (Å²) in [5.41, 5.74) is 2.34. The molecule has 0 unspecified atom stereocenters. The van der Waals surface area contributed by atoms with Gasteiger partial charge in [-0.25, -0.2) is 0 Å². The Kier molecular flexibility index (Phi) is 5.16. The van der Waals surface area contributed by atoms with Gasteiger partial charge in [0.1, 0.15) is 5.52 Å². The van der Waals surface area contributed by atoms with Crippen molar-refractivity contribution >= 4 is 22.5 Å². The van der Waals surface area contributed by atoms with E-state index < -0.39 is 0 Å². The number of amides is 1. The minimum absolute atomic E-state index is 0.0471. The second-order valence-electron chi connectivity index (χ2n) is 6.95. The lowest BCUT2D eigenvalue weighted by atomic mass is 10.1. The summed E-state index contributed by atoms with van der Waals surface area (Å²) in [5, 5.41) is 3.82. The summed E-state index contributed by atoms with van der Waals surface area (Å²) in [4.78, 5) is 27.2. The van der Waals surface area contributed by atoms with Crippen LogP contribution >= 0.6 is 0 Å². The van der Waals surface area contributed by atoms with Crippen LogP contribution in [-0.2, 0) is 18.3 Å². The number of carbonyl (C=O) groups excluding carboxylic acids is 1. The first-order valence-electron chi connectivity index (χ1n) is 9.49. The van der Waals surface area contributed by atoms with Gasteiger partial charge in [0.2, 0.25) is 0 Å². The third kappa shape index (κ3) is 3.66. The summed E-state index contributed by atoms with van der Waals surface area (Å²) in [5.74, 6) is -0.137. The molecule has 0 atom stereocenters. The van der Waals surface area contributed by atoms with Crippen LogP contribution in [0.5, 0.6) is 0 Å². The lowest BCUT2D eigenvalue weighted by Crippen LogP contribution is -2.36. The van der Waals surface area contributed by atoms with Crippen molar-refractivity contribution in [1.29, 1.82) is 0 Å². The predicted molar refractivity (Wildman–Crippen MR) is 109 cm³/mol. The molecule has 0 bridgehead atoms. The number of anilines is 1. The van der Waals surface area contributed by atoms with Gasteiger partial charge in [0.15, 0.2) is 0 Å². The van der Waals surface area contributed by atoms with Crippen molar-refractivity contribution in [3.05, 3.63) is 64.7 Å². The summed E-state index contributed by atoms with van der Waals surface area (Å²) >= 11 is 0. The molecule has 1 N–H and O–H groups in total. The minimum atomic E-state index is -0.137. The number of rotatable bonds is 5. The van der Waals surface area contributed by atoms with Crippen LogP contribution in [-0.4, -0.2) is 47.9 Å². The van der Waals surface area contributed by atoms with Crippen molar-refractivity contribution in [3.63, 3.8) is 0 Å². The first kappa shape index (κ1) is 18.3. The first-order chi connectivity index (χ1) is 13.6. The van der Waals surface area contributed by atoms with E-state index in [0.29, 0.717) is 24.2 Å². The molecule has 1 aliphatic rings. The molecule has 7 nitrogen and oxygen atoms in total. The van der Waals surface area contributed by atoms with Gasteiger partial charge in [-0.3, -0.25) is 9.59 Å². The van der Waals surface area contributed by atoms with Gasteiger partial charge in [-0.15, -0.1) is 0 Å². The zero-order valence-corrected chi connectivity index (χ0v) is 15.9. The number of hydrogen-bond donors (Lipinski definition) is 1. The van der Waals surface area contributed by atoms with Gasteiger partial charge in [0.25, 0.3) is 11.5 Å². The average molecular weight is 380 g/mol. The number of morpholine rings is 1. The van der Waals surface area contributed by atoms with E-state index in [2.05, 4.69) is 10.2 Å². The Labute approximate surface area is 163 Å². The van der Waals surface area contributed by atoms with Gasteiger partial charge in [-0.05, 0) is 36.4 Å². The highest BCUT2D eigenvalue weighted by Gasteiger charge is 2.12. The van der Waals surface area contributed by atoms with Crippen molar-refractivity contribution in [2.24, 2.45) is 7.05 Å². The smallest absolute Gasteiger partial charge is 0.275 e. The van der Waals surface area contributed by atoms with Gasteiger partial charge in [0.05, 0.1) is 13.2 Å². The zero-order chi connectivity index (χ0) is 19.5. The molecule has 1 aliphatic heterocycles. The highest BCUT2D eigenvalue weighted by molar-refractivity contribution is 5.94. The lowest BCUT2D eigenvalue weighted by Gasteiger charge is -2.28. The Bertz CT molecular complexity index is 1030. The Hall–Kier alpha value is -3.06. The molecule has 0 saturated carbocycles. The van der Waals surface area contributed by atoms with Crippen LogP contribution in [0, 0.1) is 0 Å². The van der Waals surface area contributed by atoms with E-state index in [1.807, 2.05) is 54.2 Å². The normalized spacial score (nSPS) is 14.4. The Morgan fingerprint density at radius 2 is 1.79 bits per heavy atom. The Morgan fingerprint density at radius 3 is 2.54 bits per heavy atom. The molecule has 3 heterocycles. The third-order valence-electron chi connectivity index (χ3n) is 5.15. The molecule has 1 saturated heterocycles. The van der Waals surface area contributed by atoms with Crippen LogP contribution < -0.4 is 15.8 Å². The van der Waals surface area contributed by atoms with Gasteiger partial charge in [-0.2, -0.15) is 0 Å². The van der Waals surface area contributed by atoms with Crippen molar-refractivity contribution in [2.45, 2.75) is 6.54 Å². The number of benzene rings is 1. The van der Waals surface area contributed by atoms with Crippen molar-refractivity contribution in [3.8, 4) is 0 Å². The lowest BCUT2D eigenvalue weighted by molar-refractivity contribution is 0.0952.